The van der Waals surface area contributed by atoms with E-state index >= 15 is 0 Å². The standard InChI is InChI=1S/C12H16Cl2/c1-9(2)8-10(3)6-7-12(5,14)11(4)13/h8,10H,4H2,1-3,5H3. The van der Waals surface area contributed by atoms with Crippen molar-refractivity contribution in [3.05, 3.63) is 23.3 Å². The van der Waals surface area contributed by atoms with Gasteiger partial charge in [-0.2, -0.15) is 0 Å². The lowest BCUT2D eigenvalue weighted by Gasteiger charge is -2.12. The normalized spacial score (nSPS) is 15.9. The summed E-state index contributed by atoms with van der Waals surface area (Å²) in [4.78, 5) is -0.828. The fraction of sp³-hybridized carbons (Fsp3) is 0.500. The molecule has 2 atom stereocenters. The van der Waals surface area contributed by atoms with Crippen LogP contribution in [0.4, 0.5) is 0 Å². The van der Waals surface area contributed by atoms with Gasteiger partial charge >= 0.3 is 0 Å². The SMILES string of the molecule is C=C(Cl)C(C)(Cl)C#CC(C)C=C(C)C. The van der Waals surface area contributed by atoms with Gasteiger partial charge in [-0.1, -0.05) is 53.3 Å². The van der Waals surface area contributed by atoms with Crippen molar-refractivity contribution in [1.82, 2.24) is 0 Å². The molecule has 0 aliphatic rings. The van der Waals surface area contributed by atoms with Crippen LogP contribution in [0.5, 0.6) is 0 Å². The summed E-state index contributed by atoms with van der Waals surface area (Å²) in [5.41, 5.74) is 1.24. The first kappa shape index (κ1) is 13.6. The minimum absolute atomic E-state index is 0.189. The van der Waals surface area contributed by atoms with Crippen LogP contribution in [-0.4, -0.2) is 4.87 Å². The van der Waals surface area contributed by atoms with Gasteiger partial charge in [-0.05, 0) is 27.7 Å². The van der Waals surface area contributed by atoms with Crippen LogP contribution in [-0.2, 0) is 0 Å². The molecule has 0 saturated heterocycles. The van der Waals surface area contributed by atoms with Crippen LogP contribution < -0.4 is 0 Å². The van der Waals surface area contributed by atoms with Gasteiger partial charge < -0.3 is 0 Å². The molecular weight excluding hydrogens is 215 g/mol. The Morgan fingerprint density at radius 3 is 2.36 bits per heavy atom. The van der Waals surface area contributed by atoms with Gasteiger partial charge in [-0.25, -0.2) is 0 Å². The van der Waals surface area contributed by atoms with Crippen molar-refractivity contribution in [3.63, 3.8) is 0 Å². The van der Waals surface area contributed by atoms with Crippen molar-refractivity contribution in [2.75, 3.05) is 0 Å². The third-order valence-electron chi connectivity index (χ3n) is 1.63. The van der Waals surface area contributed by atoms with Gasteiger partial charge in [0.15, 0.2) is 0 Å². The first-order valence-electron chi connectivity index (χ1n) is 4.47. The van der Waals surface area contributed by atoms with Gasteiger partial charge in [-0.15, -0.1) is 0 Å². The molecular formula is C12H16Cl2. The Hall–Kier alpha value is -0.380. The molecule has 0 spiro atoms. The smallest absolute Gasteiger partial charge is 0.0991 e. The topological polar surface area (TPSA) is 0 Å². The van der Waals surface area contributed by atoms with Gasteiger partial charge in [-0.3, -0.25) is 0 Å². The lowest BCUT2D eigenvalue weighted by Crippen LogP contribution is -2.12. The molecule has 0 aromatic carbocycles. The summed E-state index contributed by atoms with van der Waals surface area (Å²) in [6.07, 6.45) is 2.08. The van der Waals surface area contributed by atoms with E-state index in [-0.39, 0.29) is 5.92 Å². The molecule has 0 rings (SSSR count). The van der Waals surface area contributed by atoms with Crippen molar-refractivity contribution < 1.29 is 0 Å². The molecule has 2 unspecified atom stereocenters. The van der Waals surface area contributed by atoms with E-state index < -0.39 is 4.87 Å². The zero-order chi connectivity index (χ0) is 11.4. The first-order valence-corrected chi connectivity index (χ1v) is 5.23. The molecule has 0 aromatic heterocycles. The summed E-state index contributed by atoms with van der Waals surface area (Å²) in [5.74, 6) is 6.12. The molecule has 0 nitrogen and oxygen atoms in total. The van der Waals surface area contributed by atoms with Crippen molar-refractivity contribution in [1.29, 1.82) is 0 Å². The second kappa shape index (κ2) is 5.49. The molecule has 0 saturated carbocycles. The molecule has 0 bridgehead atoms. The Morgan fingerprint density at radius 2 is 2.00 bits per heavy atom. The zero-order valence-electron chi connectivity index (χ0n) is 9.12. The highest BCUT2D eigenvalue weighted by molar-refractivity contribution is 6.40. The number of hydrogen-bond donors (Lipinski definition) is 0. The molecule has 14 heavy (non-hydrogen) atoms. The van der Waals surface area contributed by atoms with Crippen LogP contribution in [0.1, 0.15) is 27.7 Å². The van der Waals surface area contributed by atoms with E-state index in [9.17, 15) is 0 Å². The van der Waals surface area contributed by atoms with Crippen LogP contribution in [0.15, 0.2) is 23.3 Å². The monoisotopic (exact) mass is 230 g/mol. The van der Waals surface area contributed by atoms with Crippen molar-refractivity contribution in [2.45, 2.75) is 32.6 Å². The predicted octanol–water partition coefficient (Wildman–Crippen LogP) is 4.34. The van der Waals surface area contributed by atoms with Gasteiger partial charge in [0.05, 0.1) is 0 Å². The quantitative estimate of drug-likeness (QED) is 0.376. The average molecular weight is 231 g/mol. The summed E-state index contributed by atoms with van der Waals surface area (Å²) < 4.78 is 0. The number of rotatable bonds is 2. The largest absolute Gasteiger partial charge is 0.137 e. The minimum Gasteiger partial charge on any atom is -0.0991 e. The van der Waals surface area contributed by atoms with Crippen LogP contribution in [0.2, 0.25) is 0 Å². The maximum absolute atomic E-state index is 6.03. The van der Waals surface area contributed by atoms with E-state index in [0.717, 1.165) is 0 Å². The zero-order valence-corrected chi connectivity index (χ0v) is 10.6. The Kier molecular flexibility index (Phi) is 5.34. The molecule has 2 heteroatoms. The Morgan fingerprint density at radius 1 is 1.50 bits per heavy atom. The number of hydrogen-bond acceptors (Lipinski definition) is 0. The van der Waals surface area contributed by atoms with E-state index in [1.165, 1.54) is 5.57 Å². The van der Waals surface area contributed by atoms with Crippen molar-refractivity contribution in [2.24, 2.45) is 5.92 Å². The summed E-state index contributed by atoms with van der Waals surface area (Å²) >= 11 is 11.7. The third-order valence-corrected chi connectivity index (χ3v) is 2.42. The van der Waals surface area contributed by atoms with Crippen LogP contribution in [0, 0.1) is 17.8 Å². The van der Waals surface area contributed by atoms with Gasteiger partial charge in [0, 0.05) is 11.0 Å². The second-order valence-electron chi connectivity index (χ2n) is 3.71. The first-order chi connectivity index (χ1) is 6.25. The molecule has 0 aliphatic heterocycles. The molecule has 0 radical (unpaired) electrons. The number of allylic oxidation sites excluding steroid dienone is 3. The molecule has 78 valence electrons. The molecule has 0 fully saturated rings. The minimum atomic E-state index is -0.828. The molecule has 0 heterocycles. The van der Waals surface area contributed by atoms with Gasteiger partial charge in [0.1, 0.15) is 4.87 Å². The maximum Gasteiger partial charge on any atom is 0.137 e. The molecule has 0 N–H and O–H groups in total. The molecule has 0 aromatic rings. The van der Waals surface area contributed by atoms with Crippen molar-refractivity contribution in [3.8, 4) is 11.8 Å². The highest BCUT2D eigenvalue weighted by Gasteiger charge is 2.19. The summed E-state index contributed by atoms with van der Waals surface area (Å²) in [7, 11) is 0. The summed E-state index contributed by atoms with van der Waals surface area (Å²) in [6.45, 7) is 11.4. The highest BCUT2D eigenvalue weighted by atomic mass is 35.5. The Bertz CT molecular complexity index is 296. The van der Waals surface area contributed by atoms with E-state index in [0.29, 0.717) is 5.03 Å². The van der Waals surface area contributed by atoms with E-state index in [1.807, 2.05) is 20.8 Å². The third kappa shape index (κ3) is 5.37. The van der Waals surface area contributed by atoms with E-state index in [2.05, 4.69) is 24.5 Å². The van der Waals surface area contributed by atoms with Gasteiger partial charge in [0.2, 0.25) is 0 Å². The number of halogens is 2. The fourth-order valence-electron chi connectivity index (χ4n) is 0.859. The Labute approximate surface area is 97.0 Å². The summed E-state index contributed by atoms with van der Waals surface area (Å²) in [5, 5.41) is 0.357. The lowest BCUT2D eigenvalue weighted by molar-refractivity contribution is 0.944. The van der Waals surface area contributed by atoms with Crippen LogP contribution >= 0.6 is 23.2 Å². The summed E-state index contributed by atoms with van der Waals surface area (Å²) in [6, 6.07) is 0. The highest BCUT2D eigenvalue weighted by Crippen LogP contribution is 2.25. The second-order valence-corrected chi connectivity index (χ2v) is 4.92. The predicted molar refractivity (Wildman–Crippen MR) is 65.6 cm³/mol. The van der Waals surface area contributed by atoms with Gasteiger partial charge in [0.25, 0.3) is 0 Å². The average Bonchev–Trinajstić information content (AvgIpc) is 1.99. The fourth-order valence-corrected chi connectivity index (χ4v) is 0.961. The van der Waals surface area contributed by atoms with E-state index in [4.69, 9.17) is 23.2 Å². The number of alkyl halides is 1. The molecule has 0 aliphatic carbocycles. The molecule has 0 amide bonds. The maximum atomic E-state index is 6.03. The van der Waals surface area contributed by atoms with E-state index in [1.54, 1.807) is 6.92 Å². The van der Waals surface area contributed by atoms with Crippen LogP contribution in [0.25, 0.3) is 0 Å². The lowest BCUT2D eigenvalue weighted by atomic mass is 10.1. The van der Waals surface area contributed by atoms with Crippen LogP contribution in [0.3, 0.4) is 0 Å². The Balaban J connectivity index is 4.59. The van der Waals surface area contributed by atoms with Crippen molar-refractivity contribution >= 4 is 23.2 Å².